The normalized spacial score (nSPS) is 17.9. The summed E-state index contributed by atoms with van der Waals surface area (Å²) in [7, 11) is 2.91. The molecule has 18 nitrogen and oxygen atoms in total. The lowest BCUT2D eigenvalue weighted by atomic mass is 10.1. The largest absolute Gasteiger partial charge is 0.329 e. The van der Waals surface area contributed by atoms with E-state index in [0.717, 1.165) is 4.57 Å². The second-order valence-electron chi connectivity index (χ2n) is 9.92. The number of aromatic nitrogens is 4. The van der Waals surface area contributed by atoms with Gasteiger partial charge in [0.15, 0.2) is 0 Å². The zero-order valence-electron chi connectivity index (χ0n) is 23.6. The van der Waals surface area contributed by atoms with Crippen LogP contribution >= 0.6 is 15.9 Å². The summed E-state index contributed by atoms with van der Waals surface area (Å²) in [6.07, 6.45) is 1.37. The first-order valence-electron chi connectivity index (χ1n) is 13.2. The van der Waals surface area contributed by atoms with Gasteiger partial charge in [-0.25, -0.2) is 9.59 Å². The number of H-pyrrole nitrogens is 1. The number of carbonyl (C=O) groups excluding carboxylic acids is 4. The van der Waals surface area contributed by atoms with E-state index >= 15 is 0 Å². The average molecular weight is 689 g/mol. The van der Waals surface area contributed by atoms with Crippen LogP contribution in [0, 0.1) is 20.2 Å². The smallest absolute Gasteiger partial charge is 0.305 e. The van der Waals surface area contributed by atoms with Crippen molar-refractivity contribution in [2.75, 3.05) is 0 Å². The maximum atomic E-state index is 12.4. The van der Waals surface area contributed by atoms with Crippen LogP contribution in [0.3, 0.4) is 0 Å². The van der Waals surface area contributed by atoms with Crippen LogP contribution < -0.4 is 22.0 Å². The standard InChI is InChI=1S/C13H12N4O5.C8H7N3O3.C5H6BrNO2/c1-15-11-7(3-2-4-8(11)17(21)22)16(13(15)20)9-5-6-10(18)14-12(9)19;1-10-7-5(9-8(10)12)3-2-4-6(7)11(13)14;6-3-1-2-4(8)7-5(3)9/h2-4,9H,5-6H2,1H3,(H,14,18,19);2-4H,1H3,(H,9,12);3H,1-2H2,(H,7,8,9). The second-order valence-corrected chi connectivity index (χ2v) is 11.0. The molecule has 2 aromatic carbocycles. The molecule has 4 heterocycles. The van der Waals surface area contributed by atoms with Gasteiger partial charge in [-0.2, -0.15) is 0 Å². The fourth-order valence-corrected chi connectivity index (χ4v) is 5.24. The summed E-state index contributed by atoms with van der Waals surface area (Å²) in [5.41, 5.74) is 0.104. The predicted octanol–water partition coefficient (Wildman–Crippen LogP) is 1.19. The van der Waals surface area contributed by atoms with E-state index < -0.39 is 27.5 Å². The van der Waals surface area contributed by atoms with E-state index in [9.17, 15) is 49.0 Å². The molecule has 2 aromatic heterocycles. The van der Waals surface area contributed by atoms with E-state index in [1.807, 2.05) is 0 Å². The molecule has 2 fully saturated rings. The van der Waals surface area contributed by atoms with Gasteiger partial charge >= 0.3 is 11.4 Å². The van der Waals surface area contributed by atoms with E-state index in [0.29, 0.717) is 29.4 Å². The number of fused-ring (bicyclic) bond motifs is 2. The number of para-hydroxylation sites is 2. The van der Waals surface area contributed by atoms with Gasteiger partial charge in [0.1, 0.15) is 17.1 Å². The molecule has 0 aliphatic carbocycles. The van der Waals surface area contributed by atoms with Gasteiger partial charge in [0.25, 0.3) is 11.4 Å². The highest BCUT2D eigenvalue weighted by molar-refractivity contribution is 9.10. The number of nitro groups is 2. The summed E-state index contributed by atoms with van der Waals surface area (Å²) < 4.78 is 3.59. The molecule has 0 radical (unpaired) electrons. The minimum absolute atomic E-state index is 0.0663. The Morgan fingerprint density at radius 3 is 1.89 bits per heavy atom. The molecule has 2 aliphatic rings. The van der Waals surface area contributed by atoms with Crippen LogP contribution in [-0.4, -0.2) is 57.0 Å². The number of aromatic amines is 1. The van der Waals surface area contributed by atoms with Crippen LogP contribution in [0.25, 0.3) is 22.1 Å². The third kappa shape index (κ3) is 6.56. The molecule has 0 spiro atoms. The zero-order valence-corrected chi connectivity index (χ0v) is 25.2. The van der Waals surface area contributed by atoms with E-state index in [2.05, 4.69) is 31.5 Å². The summed E-state index contributed by atoms with van der Waals surface area (Å²) in [5.74, 6) is -1.35. The Hall–Kier alpha value is -5.46. The molecule has 0 bridgehead atoms. The minimum atomic E-state index is -0.851. The highest BCUT2D eigenvalue weighted by Gasteiger charge is 2.32. The first-order valence-corrected chi connectivity index (χ1v) is 14.1. The van der Waals surface area contributed by atoms with Crippen molar-refractivity contribution in [3.8, 4) is 0 Å². The first-order chi connectivity index (χ1) is 21.2. The Balaban J connectivity index is 0.000000171. The van der Waals surface area contributed by atoms with Gasteiger partial charge in [0, 0.05) is 39.1 Å². The number of rotatable bonds is 3. The number of benzene rings is 2. The van der Waals surface area contributed by atoms with E-state index in [4.69, 9.17) is 0 Å². The molecule has 4 aromatic rings. The Labute approximate surface area is 259 Å². The second kappa shape index (κ2) is 13.0. The lowest BCUT2D eigenvalue weighted by Crippen LogP contribution is -2.44. The van der Waals surface area contributed by atoms with Gasteiger partial charge in [-0.3, -0.25) is 63.7 Å². The van der Waals surface area contributed by atoms with Gasteiger partial charge in [-0.15, -0.1) is 0 Å². The van der Waals surface area contributed by atoms with Crippen LogP contribution in [0.2, 0.25) is 0 Å². The molecule has 3 N–H and O–H groups in total. The summed E-state index contributed by atoms with van der Waals surface area (Å²) in [5, 5.41) is 26.2. The molecule has 2 unspecified atom stereocenters. The molecule has 6 rings (SSSR count). The zero-order chi connectivity index (χ0) is 33.2. The maximum absolute atomic E-state index is 12.4. The number of halogens is 1. The fraction of sp³-hybridized carbons (Fsp3) is 0.308. The van der Waals surface area contributed by atoms with Crippen LogP contribution in [0.5, 0.6) is 0 Å². The van der Waals surface area contributed by atoms with Crippen molar-refractivity contribution in [2.45, 2.75) is 36.6 Å². The molecule has 19 heteroatoms. The number of hydrogen-bond acceptors (Lipinski definition) is 10. The highest BCUT2D eigenvalue weighted by Crippen LogP contribution is 2.28. The number of hydrogen-bond donors (Lipinski definition) is 3. The lowest BCUT2D eigenvalue weighted by Gasteiger charge is -2.21. The molecule has 45 heavy (non-hydrogen) atoms. The number of nitrogens with zero attached hydrogens (tertiary/aromatic N) is 5. The van der Waals surface area contributed by atoms with Crippen molar-refractivity contribution in [2.24, 2.45) is 14.1 Å². The monoisotopic (exact) mass is 688 g/mol. The van der Waals surface area contributed by atoms with Crippen molar-refractivity contribution >= 4 is 73.0 Å². The average Bonchev–Trinajstić information content (AvgIpc) is 3.42. The summed E-state index contributed by atoms with van der Waals surface area (Å²) in [6.45, 7) is 0. The lowest BCUT2D eigenvalue weighted by molar-refractivity contribution is -0.383. The van der Waals surface area contributed by atoms with E-state index in [-0.39, 0.29) is 58.0 Å². The summed E-state index contributed by atoms with van der Waals surface area (Å²) in [6, 6.07) is 8.00. The molecule has 2 aliphatic heterocycles. The van der Waals surface area contributed by atoms with Crippen molar-refractivity contribution in [3.63, 3.8) is 0 Å². The molecular weight excluding hydrogens is 664 g/mol. The van der Waals surface area contributed by atoms with Crippen molar-refractivity contribution in [1.29, 1.82) is 0 Å². The molecular formula is C26H25BrN8O10. The fourth-order valence-electron chi connectivity index (χ4n) is 4.89. The Morgan fingerprint density at radius 1 is 0.778 bits per heavy atom. The van der Waals surface area contributed by atoms with Gasteiger partial charge in [-0.1, -0.05) is 28.1 Å². The predicted molar refractivity (Wildman–Crippen MR) is 161 cm³/mol. The van der Waals surface area contributed by atoms with E-state index in [1.54, 1.807) is 12.1 Å². The summed E-state index contributed by atoms with van der Waals surface area (Å²) >= 11 is 3.12. The number of piperidine rings is 2. The number of nitrogens with one attached hydrogen (secondary N) is 3. The highest BCUT2D eigenvalue weighted by atomic mass is 79.9. The third-order valence-corrected chi connectivity index (χ3v) is 7.94. The molecule has 2 atom stereocenters. The Bertz CT molecular complexity index is 2010. The van der Waals surface area contributed by atoms with Crippen molar-refractivity contribution < 1.29 is 29.0 Å². The molecule has 4 amide bonds. The van der Waals surface area contributed by atoms with Gasteiger partial charge in [-0.05, 0) is 25.0 Å². The van der Waals surface area contributed by atoms with E-state index in [1.165, 1.54) is 47.5 Å². The third-order valence-electron chi connectivity index (χ3n) is 7.06. The number of imide groups is 2. The van der Waals surface area contributed by atoms with Crippen LogP contribution in [-0.2, 0) is 33.3 Å². The van der Waals surface area contributed by atoms with Gasteiger partial charge in [0.05, 0.1) is 25.7 Å². The van der Waals surface area contributed by atoms with Crippen molar-refractivity contribution in [3.05, 3.63) is 77.6 Å². The van der Waals surface area contributed by atoms with Crippen LogP contribution in [0.1, 0.15) is 31.7 Å². The number of aryl methyl sites for hydroxylation is 2. The molecule has 236 valence electrons. The number of amides is 4. The van der Waals surface area contributed by atoms with Crippen molar-refractivity contribution in [1.82, 2.24) is 29.3 Å². The number of imidazole rings is 2. The SMILES string of the molecule is Cn1c(=O)[nH]c2cccc([N+](=O)[O-])c21.Cn1c(=O)n(C2CCC(=O)NC2=O)c2cccc([N+](=O)[O-])c21.O=C1CCC(Br)C(=O)N1. The number of non-ortho nitro benzene ring substituents is 2. The number of alkyl halides is 1. The van der Waals surface area contributed by atoms with Crippen LogP contribution in [0.15, 0.2) is 46.0 Å². The maximum Gasteiger partial charge on any atom is 0.329 e. The number of carbonyl (C=O) groups is 4. The van der Waals surface area contributed by atoms with Gasteiger partial charge < -0.3 is 4.98 Å². The first kappa shape index (κ1) is 32.5. The van der Waals surface area contributed by atoms with Crippen LogP contribution in [0.4, 0.5) is 11.4 Å². The Kier molecular flexibility index (Phi) is 9.40. The topological polar surface area (TPSA) is 243 Å². The van der Waals surface area contributed by atoms with Gasteiger partial charge in [0.2, 0.25) is 23.6 Å². The number of nitro benzene ring substituents is 2. The molecule has 2 saturated heterocycles. The Morgan fingerprint density at radius 2 is 1.33 bits per heavy atom. The minimum Gasteiger partial charge on any atom is -0.305 e. The molecule has 0 saturated carbocycles. The summed E-state index contributed by atoms with van der Waals surface area (Å²) in [4.78, 5) is 91.0. The quantitative estimate of drug-likeness (QED) is 0.120.